The van der Waals surface area contributed by atoms with Crippen molar-refractivity contribution in [1.29, 1.82) is 0 Å². The van der Waals surface area contributed by atoms with Crippen molar-refractivity contribution in [1.82, 2.24) is 4.83 Å². The first kappa shape index (κ1) is 21.7. The van der Waals surface area contributed by atoms with E-state index in [4.69, 9.17) is 9.15 Å². The van der Waals surface area contributed by atoms with Crippen molar-refractivity contribution in [2.75, 3.05) is 0 Å². The molecule has 1 aliphatic rings. The lowest BCUT2D eigenvalue weighted by Gasteiger charge is -2.14. The number of fused-ring (bicyclic) bond motifs is 1. The van der Waals surface area contributed by atoms with Crippen LogP contribution in [0.4, 0.5) is 8.78 Å². The van der Waals surface area contributed by atoms with Crippen LogP contribution in [-0.4, -0.2) is 20.1 Å². The van der Waals surface area contributed by atoms with E-state index in [0.717, 1.165) is 24.3 Å². The van der Waals surface area contributed by atoms with Crippen LogP contribution < -0.4 is 9.57 Å². The average molecular weight is 460 g/mol. The van der Waals surface area contributed by atoms with E-state index in [0.29, 0.717) is 41.9 Å². The molecule has 0 spiro atoms. The molecule has 1 aliphatic carbocycles. The molecule has 166 valence electrons. The number of furan rings is 1. The van der Waals surface area contributed by atoms with Gasteiger partial charge in [0.05, 0.1) is 10.6 Å². The molecule has 7 nitrogen and oxygen atoms in total. The summed E-state index contributed by atoms with van der Waals surface area (Å²) in [5.41, 5.74) is 1.43. The number of rotatable bonds is 5. The van der Waals surface area contributed by atoms with Gasteiger partial charge in [0.25, 0.3) is 10.0 Å². The highest BCUT2D eigenvalue weighted by Crippen LogP contribution is 2.30. The summed E-state index contributed by atoms with van der Waals surface area (Å²) in [7, 11) is -4.00. The number of hydrogen-bond acceptors (Lipinski definition) is 6. The van der Waals surface area contributed by atoms with Gasteiger partial charge < -0.3 is 9.15 Å². The first-order valence-corrected chi connectivity index (χ1v) is 11.2. The van der Waals surface area contributed by atoms with Gasteiger partial charge in [-0.3, -0.25) is 0 Å². The first-order chi connectivity index (χ1) is 15.2. The van der Waals surface area contributed by atoms with Crippen molar-refractivity contribution >= 4 is 21.7 Å². The molecule has 1 aromatic heterocycles. The highest BCUT2D eigenvalue weighted by atomic mass is 32.2. The number of halogens is 2. The van der Waals surface area contributed by atoms with E-state index in [9.17, 15) is 22.0 Å². The van der Waals surface area contributed by atoms with Gasteiger partial charge in [0, 0.05) is 17.5 Å². The molecule has 10 heteroatoms. The monoisotopic (exact) mass is 460 g/mol. The van der Waals surface area contributed by atoms with Crippen LogP contribution in [0.3, 0.4) is 0 Å². The third kappa shape index (κ3) is 4.40. The molecule has 1 N–H and O–H groups in total. The number of ether oxygens (including phenoxy) is 1. The first-order valence-electron chi connectivity index (χ1n) is 9.69. The number of nitrogens with zero attached hydrogens (tertiary/aromatic N) is 1. The molecule has 1 heterocycles. The van der Waals surface area contributed by atoms with Crippen LogP contribution in [0.5, 0.6) is 5.75 Å². The Morgan fingerprint density at radius 3 is 2.31 bits per heavy atom. The molecular weight excluding hydrogens is 442 g/mol. The predicted molar refractivity (Wildman–Crippen MR) is 111 cm³/mol. The molecule has 3 aromatic rings. The quantitative estimate of drug-likeness (QED) is 0.351. The summed E-state index contributed by atoms with van der Waals surface area (Å²) >= 11 is 0. The van der Waals surface area contributed by atoms with E-state index in [2.05, 4.69) is 9.93 Å². The molecule has 0 saturated carbocycles. The van der Waals surface area contributed by atoms with Crippen molar-refractivity contribution < 1.29 is 31.1 Å². The zero-order valence-electron chi connectivity index (χ0n) is 16.9. The number of hydrazone groups is 1. The van der Waals surface area contributed by atoms with E-state index in [1.165, 1.54) is 24.3 Å². The van der Waals surface area contributed by atoms with Crippen molar-refractivity contribution in [2.24, 2.45) is 5.10 Å². The highest BCUT2D eigenvalue weighted by Gasteiger charge is 2.29. The number of aryl methyl sites for hydroxylation is 1. The number of sulfonamides is 1. The van der Waals surface area contributed by atoms with E-state index < -0.39 is 27.6 Å². The predicted octanol–water partition coefficient (Wildman–Crippen LogP) is 4.10. The Kier molecular flexibility index (Phi) is 5.79. The summed E-state index contributed by atoms with van der Waals surface area (Å²) in [5.74, 6) is -1.14. The van der Waals surface area contributed by atoms with Crippen LogP contribution >= 0.6 is 0 Å². The van der Waals surface area contributed by atoms with E-state index in [1.807, 2.05) is 0 Å². The summed E-state index contributed by atoms with van der Waals surface area (Å²) in [6.45, 7) is 1.65. The summed E-state index contributed by atoms with van der Waals surface area (Å²) in [6.07, 6.45) is 1.65. The van der Waals surface area contributed by atoms with Gasteiger partial charge in [-0.2, -0.15) is 18.4 Å². The van der Waals surface area contributed by atoms with Crippen molar-refractivity contribution in [3.05, 3.63) is 82.8 Å². The van der Waals surface area contributed by atoms with E-state index in [-0.39, 0.29) is 16.4 Å². The SMILES string of the molecule is Cc1c(C(=O)Oc2ccc(F)cc2)oc2c1/C(=N/NS(=O)(=O)c1ccc(F)cc1)CCC2. The molecule has 4 rings (SSSR count). The highest BCUT2D eigenvalue weighted by molar-refractivity contribution is 7.89. The van der Waals surface area contributed by atoms with Gasteiger partial charge in [-0.1, -0.05) is 0 Å². The third-order valence-corrected chi connectivity index (χ3v) is 6.18. The van der Waals surface area contributed by atoms with Crippen molar-refractivity contribution in [3.8, 4) is 5.75 Å². The molecule has 0 aliphatic heterocycles. The van der Waals surface area contributed by atoms with Crippen LogP contribution in [0.15, 0.2) is 62.9 Å². The normalized spacial score (nSPS) is 14.8. The second-order valence-electron chi connectivity index (χ2n) is 7.16. The van der Waals surface area contributed by atoms with Gasteiger partial charge in [0.15, 0.2) is 0 Å². The van der Waals surface area contributed by atoms with Crippen LogP contribution in [0, 0.1) is 18.6 Å². The molecule has 0 unspecified atom stereocenters. The maximum Gasteiger partial charge on any atom is 0.379 e. The van der Waals surface area contributed by atoms with Crippen molar-refractivity contribution in [3.63, 3.8) is 0 Å². The van der Waals surface area contributed by atoms with Crippen LogP contribution in [0.1, 0.15) is 40.3 Å². The Hall–Kier alpha value is -3.53. The second kappa shape index (κ2) is 8.54. The largest absolute Gasteiger partial charge is 0.453 e. The van der Waals surface area contributed by atoms with Gasteiger partial charge in [0.1, 0.15) is 23.1 Å². The van der Waals surface area contributed by atoms with Crippen molar-refractivity contribution in [2.45, 2.75) is 31.1 Å². The van der Waals surface area contributed by atoms with Crippen LogP contribution in [0.2, 0.25) is 0 Å². The fourth-order valence-corrected chi connectivity index (χ4v) is 4.24. The fourth-order valence-electron chi connectivity index (χ4n) is 3.41. The lowest BCUT2D eigenvalue weighted by Crippen LogP contribution is -2.22. The minimum atomic E-state index is -4.00. The lowest BCUT2D eigenvalue weighted by atomic mass is 9.93. The molecule has 0 saturated heterocycles. The zero-order chi connectivity index (χ0) is 22.9. The number of nitrogens with one attached hydrogen (secondary N) is 1. The van der Waals surface area contributed by atoms with Gasteiger partial charge in [-0.25, -0.2) is 13.6 Å². The molecule has 2 aromatic carbocycles. The van der Waals surface area contributed by atoms with E-state index >= 15 is 0 Å². The Morgan fingerprint density at radius 1 is 1.03 bits per heavy atom. The minimum Gasteiger partial charge on any atom is -0.453 e. The fraction of sp³-hybridized carbons (Fsp3) is 0.182. The van der Waals surface area contributed by atoms with E-state index in [1.54, 1.807) is 6.92 Å². The number of carbonyl (C=O) groups excluding carboxylic acids is 1. The summed E-state index contributed by atoms with van der Waals surface area (Å²) in [6, 6.07) is 9.33. The Balaban J connectivity index is 1.59. The molecule has 0 atom stereocenters. The Bertz CT molecular complexity index is 1300. The summed E-state index contributed by atoms with van der Waals surface area (Å²) in [5, 5.41) is 4.05. The summed E-state index contributed by atoms with van der Waals surface area (Å²) < 4.78 is 62.0. The summed E-state index contributed by atoms with van der Waals surface area (Å²) in [4.78, 5) is 14.6. The smallest absolute Gasteiger partial charge is 0.379 e. The standard InChI is InChI=1S/C22H18F2N2O5S/c1-13-20-18(25-26-32(28,29)17-11-7-15(24)8-12-17)3-2-4-19(20)31-21(13)22(27)30-16-9-5-14(23)6-10-16/h5-12,26H,2-4H2,1H3/b25-18+. The number of carbonyl (C=O) groups is 1. The molecule has 0 amide bonds. The number of hydrogen-bond donors (Lipinski definition) is 1. The molecule has 32 heavy (non-hydrogen) atoms. The molecule has 0 fully saturated rings. The Labute approximate surface area is 182 Å². The average Bonchev–Trinajstić information content (AvgIpc) is 3.11. The topological polar surface area (TPSA) is 98.0 Å². The molecule has 0 radical (unpaired) electrons. The lowest BCUT2D eigenvalue weighted by molar-refractivity contribution is 0.0698. The second-order valence-corrected chi connectivity index (χ2v) is 8.82. The van der Waals surface area contributed by atoms with Gasteiger partial charge in [-0.15, -0.1) is 0 Å². The number of benzene rings is 2. The third-order valence-electron chi connectivity index (χ3n) is 4.96. The maximum absolute atomic E-state index is 13.1. The molecular formula is C22H18F2N2O5S. The molecule has 0 bridgehead atoms. The number of esters is 1. The van der Waals surface area contributed by atoms with Crippen LogP contribution in [0.25, 0.3) is 0 Å². The van der Waals surface area contributed by atoms with Gasteiger partial charge in [0.2, 0.25) is 5.76 Å². The zero-order valence-corrected chi connectivity index (χ0v) is 17.7. The van der Waals surface area contributed by atoms with Crippen LogP contribution in [-0.2, 0) is 16.4 Å². The minimum absolute atomic E-state index is 0.0321. The maximum atomic E-state index is 13.1. The van der Waals surface area contributed by atoms with Gasteiger partial charge >= 0.3 is 5.97 Å². The Morgan fingerprint density at radius 2 is 1.66 bits per heavy atom. The van der Waals surface area contributed by atoms with Gasteiger partial charge in [-0.05, 0) is 68.3 Å².